The second-order valence-corrected chi connectivity index (χ2v) is 9.48. The Morgan fingerprint density at radius 3 is 2.21 bits per heavy atom. The van der Waals surface area contributed by atoms with Crippen LogP contribution in [0.2, 0.25) is 0 Å². The van der Waals surface area contributed by atoms with Gasteiger partial charge in [0, 0.05) is 12.2 Å². The highest BCUT2D eigenvalue weighted by molar-refractivity contribution is 7.92. The van der Waals surface area contributed by atoms with Gasteiger partial charge in [-0.1, -0.05) is 37.5 Å². The van der Waals surface area contributed by atoms with Crippen molar-refractivity contribution in [3.63, 3.8) is 0 Å². The number of aryl methyl sites for hydroxylation is 1. The Morgan fingerprint density at radius 1 is 0.964 bits per heavy atom. The molecule has 0 spiro atoms. The number of sulfone groups is 1. The standard InChI is InChI=1S/C22H28F2O3S/c1-3-4-13-22(14-5-6-15-25,20-16-18(23)9-12-21(20)24)28(26,27)19-10-7-17(2)8-11-19/h7-12,16,25H,3-6,13-15H2,1-2H3. The lowest BCUT2D eigenvalue weighted by Gasteiger charge is -2.35. The number of hydrogen-bond donors (Lipinski definition) is 1. The Bertz CT molecular complexity index is 879. The van der Waals surface area contributed by atoms with Gasteiger partial charge in [-0.2, -0.15) is 0 Å². The molecule has 0 heterocycles. The molecule has 0 aliphatic rings. The second kappa shape index (κ2) is 9.61. The van der Waals surface area contributed by atoms with E-state index >= 15 is 0 Å². The fourth-order valence-electron chi connectivity index (χ4n) is 3.58. The fourth-order valence-corrected chi connectivity index (χ4v) is 5.80. The van der Waals surface area contributed by atoms with Gasteiger partial charge in [-0.3, -0.25) is 0 Å². The zero-order valence-electron chi connectivity index (χ0n) is 16.4. The zero-order valence-corrected chi connectivity index (χ0v) is 17.2. The number of halogens is 2. The van der Waals surface area contributed by atoms with Gasteiger partial charge in [-0.05, 0) is 62.9 Å². The summed E-state index contributed by atoms with van der Waals surface area (Å²) >= 11 is 0. The van der Waals surface area contributed by atoms with Crippen LogP contribution in [0.1, 0.15) is 56.6 Å². The van der Waals surface area contributed by atoms with Crippen molar-refractivity contribution in [2.45, 2.75) is 62.0 Å². The highest BCUT2D eigenvalue weighted by Crippen LogP contribution is 2.45. The molecule has 2 aromatic rings. The monoisotopic (exact) mass is 410 g/mol. The van der Waals surface area contributed by atoms with E-state index in [-0.39, 0.29) is 29.9 Å². The minimum atomic E-state index is -4.01. The number of aliphatic hydroxyl groups is 1. The molecule has 2 rings (SSSR count). The van der Waals surface area contributed by atoms with Gasteiger partial charge in [0.25, 0.3) is 0 Å². The van der Waals surface area contributed by atoms with Crippen LogP contribution in [0, 0.1) is 18.6 Å². The summed E-state index contributed by atoms with van der Waals surface area (Å²) in [6, 6.07) is 9.44. The van der Waals surface area contributed by atoms with E-state index in [1.165, 1.54) is 12.1 Å². The molecule has 0 saturated carbocycles. The first kappa shape index (κ1) is 22.5. The third-order valence-electron chi connectivity index (χ3n) is 5.19. The van der Waals surface area contributed by atoms with Crippen LogP contribution in [0.5, 0.6) is 0 Å². The molecule has 0 aromatic heterocycles. The predicted molar refractivity (Wildman–Crippen MR) is 107 cm³/mol. The molecule has 0 aliphatic carbocycles. The van der Waals surface area contributed by atoms with Gasteiger partial charge in [0.1, 0.15) is 16.4 Å². The topological polar surface area (TPSA) is 54.4 Å². The van der Waals surface area contributed by atoms with E-state index in [4.69, 9.17) is 0 Å². The first-order chi connectivity index (χ1) is 13.3. The van der Waals surface area contributed by atoms with Gasteiger partial charge in [-0.15, -0.1) is 0 Å². The molecule has 2 aromatic carbocycles. The highest BCUT2D eigenvalue weighted by atomic mass is 32.2. The molecule has 3 nitrogen and oxygen atoms in total. The summed E-state index contributed by atoms with van der Waals surface area (Å²) in [5.74, 6) is -1.39. The third-order valence-corrected chi connectivity index (χ3v) is 7.74. The number of benzene rings is 2. The lowest BCUT2D eigenvalue weighted by atomic mass is 9.87. The van der Waals surface area contributed by atoms with E-state index in [0.29, 0.717) is 19.3 Å². The van der Waals surface area contributed by atoms with Gasteiger partial charge in [0.2, 0.25) is 0 Å². The Morgan fingerprint density at radius 2 is 1.61 bits per heavy atom. The number of rotatable bonds is 10. The van der Waals surface area contributed by atoms with Gasteiger partial charge < -0.3 is 5.11 Å². The summed E-state index contributed by atoms with van der Waals surface area (Å²) in [6.45, 7) is 3.70. The summed E-state index contributed by atoms with van der Waals surface area (Å²) in [6.07, 6.45) is 2.37. The third kappa shape index (κ3) is 4.61. The molecule has 0 saturated heterocycles. The van der Waals surface area contributed by atoms with E-state index < -0.39 is 26.2 Å². The van der Waals surface area contributed by atoms with Crippen molar-refractivity contribution in [3.05, 3.63) is 65.2 Å². The van der Waals surface area contributed by atoms with Crippen molar-refractivity contribution < 1.29 is 22.3 Å². The molecule has 28 heavy (non-hydrogen) atoms. The summed E-state index contributed by atoms with van der Waals surface area (Å²) in [7, 11) is -4.01. The summed E-state index contributed by atoms with van der Waals surface area (Å²) < 4.78 is 54.8. The maximum Gasteiger partial charge on any atom is 0.188 e. The molecule has 1 unspecified atom stereocenters. The normalized spacial score (nSPS) is 14.0. The van der Waals surface area contributed by atoms with Gasteiger partial charge in [0.15, 0.2) is 9.84 Å². The average molecular weight is 411 g/mol. The van der Waals surface area contributed by atoms with Gasteiger partial charge in [0.05, 0.1) is 4.90 Å². The van der Waals surface area contributed by atoms with Crippen LogP contribution < -0.4 is 0 Å². The van der Waals surface area contributed by atoms with Crippen LogP contribution in [0.4, 0.5) is 8.78 Å². The van der Waals surface area contributed by atoms with Crippen molar-refractivity contribution in [3.8, 4) is 0 Å². The summed E-state index contributed by atoms with van der Waals surface area (Å²) in [4.78, 5) is 0.0989. The van der Waals surface area contributed by atoms with Crippen LogP contribution in [-0.2, 0) is 14.6 Å². The van der Waals surface area contributed by atoms with E-state index in [1.807, 2.05) is 13.8 Å². The first-order valence-corrected chi connectivity index (χ1v) is 11.1. The van der Waals surface area contributed by atoms with E-state index in [0.717, 1.165) is 30.2 Å². The molecule has 0 fully saturated rings. The average Bonchev–Trinajstić information content (AvgIpc) is 2.67. The summed E-state index contributed by atoms with van der Waals surface area (Å²) in [5, 5.41) is 9.18. The summed E-state index contributed by atoms with van der Waals surface area (Å²) in [5.41, 5.74) is 0.787. The fraction of sp³-hybridized carbons (Fsp3) is 0.455. The number of unbranched alkanes of at least 4 members (excludes halogenated alkanes) is 2. The van der Waals surface area contributed by atoms with Crippen molar-refractivity contribution in [2.75, 3.05) is 6.61 Å². The number of aliphatic hydroxyl groups excluding tert-OH is 1. The van der Waals surface area contributed by atoms with E-state index in [2.05, 4.69) is 0 Å². The van der Waals surface area contributed by atoms with Crippen molar-refractivity contribution in [1.82, 2.24) is 0 Å². The van der Waals surface area contributed by atoms with Crippen LogP contribution in [-0.4, -0.2) is 20.1 Å². The lowest BCUT2D eigenvalue weighted by molar-refractivity contribution is 0.277. The van der Waals surface area contributed by atoms with E-state index in [1.54, 1.807) is 12.1 Å². The molecule has 1 N–H and O–H groups in total. The van der Waals surface area contributed by atoms with Crippen molar-refractivity contribution in [1.29, 1.82) is 0 Å². The molecular formula is C22H28F2O3S. The van der Waals surface area contributed by atoms with Crippen molar-refractivity contribution >= 4 is 9.84 Å². The molecule has 0 aliphatic heterocycles. The minimum Gasteiger partial charge on any atom is -0.396 e. The quantitative estimate of drug-likeness (QED) is 0.541. The van der Waals surface area contributed by atoms with Gasteiger partial charge in [-0.25, -0.2) is 17.2 Å². The largest absolute Gasteiger partial charge is 0.396 e. The minimum absolute atomic E-state index is 0.0833. The molecule has 6 heteroatoms. The molecule has 0 amide bonds. The van der Waals surface area contributed by atoms with E-state index in [9.17, 15) is 22.3 Å². The second-order valence-electron chi connectivity index (χ2n) is 7.22. The molecule has 154 valence electrons. The Balaban J connectivity index is 2.73. The maximum absolute atomic E-state index is 14.8. The smallest absolute Gasteiger partial charge is 0.188 e. The molecule has 1 atom stereocenters. The van der Waals surface area contributed by atoms with Crippen LogP contribution in [0.25, 0.3) is 0 Å². The Kier molecular flexibility index (Phi) is 7.72. The number of hydrogen-bond acceptors (Lipinski definition) is 3. The molecule has 0 radical (unpaired) electrons. The van der Waals surface area contributed by atoms with Gasteiger partial charge >= 0.3 is 0 Å². The van der Waals surface area contributed by atoms with Crippen LogP contribution in [0.3, 0.4) is 0 Å². The lowest BCUT2D eigenvalue weighted by Crippen LogP contribution is -2.37. The van der Waals surface area contributed by atoms with Crippen molar-refractivity contribution in [2.24, 2.45) is 0 Å². The maximum atomic E-state index is 14.8. The SMILES string of the molecule is CCCCC(CCCCO)(c1cc(F)ccc1F)S(=O)(=O)c1ccc(C)cc1. The van der Waals surface area contributed by atoms with Crippen LogP contribution >= 0.6 is 0 Å². The highest BCUT2D eigenvalue weighted by Gasteiger charge is 2.47. The Labute approximate surface area is 166 Å². The Hall–Kier alpha value is -1.79. The van der Waals surface area contributed by atoms with Crippen LogP contribution in [0.15, 0.2) is 47.4 Å². The zero-order chi connectivity index (χ0) is 20.8. The predicted octanol–water partition coefficient (Wildman–Crippen LogP) is 5.30. The molecule has 0 bridgehead atoms. The first-order valence-electron chi connectivity index (χ1n) is 9.66. The molecular weight excluding hydrogens is 382 g/mol.